The Labute approximate surface area is 122 Å². The first-order valence-corrected chi connectivity index (χ1v) is 8.61. The highest BCUT2D eigenvalue weighted by Gasteiger charge is 2.16. The van der Waals surface area contributed by atoms with Gasteiger partial charge in [0.05, 0.1) is 17.4 Å². The average Bonchev–Trinajstić information content (AvgIpc) is 2.92. The van der Waals surface area contributed by atoms with Crippen molar-refractivity contribution in [3.05, 3.63) is 57.8 Å². The summed E-state index contributed by atoms with van der Waals surface area (Å²) in [4.78, 5) is 0. The number of thiophene rings is 1. The van der Waals surface area contributed by atoms with Crippen molar-refractivity contribution in [3.63, 3.8) is 0 Å². The Bertz CT molecular complexity index is 699. The number of nitrogens with one attached hydrogen (secondary N) is 1. The van der Waals surface area contributed by atoms with Gasteiger partial charge in [0, 0.05) is 6.04 Å². The zero-order valence-corrected chi connectivity index (χ0v) is 12.5. The number of nitrogens with zero attached hydrogens (tertiary/aromatic N) is 1. The van der Waals surface area contributed by atoms with Crippen molar-refractivity contribution in [1.82, 2.24) is 4.72 Å². The maximum Gasteiger partial charge on any atom is 0.216 e. The molecule has 104 valence electrons. The summed E-state index contributed by atoms with van der Waals surface area (Å²) < 4.78 is 26.8. The summed E-state index contributed by atoms with van der Waals surface area (Å²) in [6.07, 6.45) is 0. The Hall–Kier alpha value is -1.68. The molecule has 0 amide bonds. The lowest BCUT2D eigenvalue weighted by molar-refractivity contribution is 0.566. The topological polar surface area (TPSA) is 70.0 Å². The molecule has 0 bridgehead atoms. The molecule has 0 saturated heterocycles. The fourth-order valence-corrected chi connectivity index (χ4v) is 3.94. The molecule has 0 aliphatic carbocycles. The van der Waals surface area contributed by atoms with E-state index in [1.54, 1.807) is 24.3 Å². The van der Waals surface area contributed by atoms with Gasteiger partial charge in [-0.05, 0) is 47.0 Å². The molecule has 1 heterocycles. The van der Waals surface area contributed by atoms with E-state index in [0.29, 0.717) is 11.1 Å². The molecule has 0 radical (unpaired) electrons. The molecule has 1 aromatic heterocycles. The quantitative estimate of drug-likeness (QED) is 0.923. The van der Waals surface area contributed by atoms with Crippen LogP contribution < -0.4 is 4.72 Å². The molecule has 1 N–H and O–H groups in total. The Morgan fingerprint density at radius 3 is 2.55 bits per heavy atom. The second-order valence-corrected chi connectivity index (χ2v) is 7.00. The predicted octanol–water partition coefficient (Wildman–Crippen LogP) is 2.80. The van der Waals surface area contributed by atoms with Crippen LogP contribution in [0.4, 0.5) is 0 Å². The van der Waals surface area contributed by atoms with Crippen LogP contribution in [0.15, 0.2) is 41.1 Å². The molecular weight excluding hydrogens is 292 g/mol. The zero-order chi connectivity index (χ0) is 14.6. The molecular formula is C14H14N2O2S2. The van der Waals surface area contributed by atoms with Crippen molar-refractivity contribution in [1.29, 1.82) is 5.26 Å². The summed E-state index contributed by atoms with van der Waals surface area (Å²) in [7, 11) is -3.41. The van der Waals surface area contributed by atoms with Gasteiger partial charge in [-0.15, -0.1) is 0 Å². The second-order valence-electron chi connectivity index (χ2n) is 4.46. The molecule has 4 nitrogen and oxygen atoms in total. The molecule has 0 fully saturated rings. The Kier molecular flexibility index (Phi) is 4.55. The minimum absolute atomic E-state index is 0.0901. The molecule has 2 rings (SSSR count). The van der Waals surface area contributed by atoms with Crippen molar-refractivity contribution in [2.75, 3.05) is 0 Å². The first-order valence-electron chi connectivity index (χ1n) is 6.01. The molecule has 0 spiro atoms. The summed E-state index contributed by atoms with van der Waals surface area (Å²) in [6.45, 7) is 1.82. The molecule has 0 saturated carbocycles. The standard InChI is InChI=1S/C14H14N2O2S2/c1-11(14-6-7-19-9-14)16-20(17,18)10-13-4-2-12(8-15)3-5-13/h2-7,9,11,16H,10H2,1H3. The Balaban J connectivity index is 2.05. The van der Waals surface area contributed by atoms with Crippen molar-refractivity contribution in [2.45, 2.75) is 18.7 Å². The fourth-order valence-electron chi connectivity index (χ4n) is 1.80. The summed E-state index contributed by atoms with van der Waals surface area (Å²) in [6, 6.07) is 10.2. The lowest BCUT2D eigenvalue weighted by Gasteiger charge is -2.13. The van der Waals surface area contributed by atoms with E-state index in [2.05, 4.69) is 4.72 Å². The molecule has 0 aliphatic rings. The number of nitriles is 1. The second kappa shape index (κ2) is 6.18. The summed E-state index contributed by atoms with van der Waals surface area (Å²) in [5.74, 6) is -0.0901. The maximum absolute atomic E-state index is 12.1. The monoisotopic (exact) mass is 306 g/mol. The molecule has 6 heteroatoms. The van der Waals surface area contributed by atoms with Crippen LogP contribution in [0.2, 0.25) is 0 Å². The molecule has 20 heavy (non-hydrogen) atoms. The SMILES string of the molecule is CC(NS(=O)(=O)Cc1ccc(C#N)cc1)c1ccsc1. The normalized spacial score (nSPS) is 12.8. The lowest BCUT2D eigenvalue weighted by Crippen LogP contribution is -2.27. The van der Waals surface area contributed by atoms with Gasteiger partial charge in [-0.3, -0.25) is 0 Å². The van der Waals surface area contributed by atoms with Gasteiger partial charge in [0.1, 0.15) is 0 Å². The van der Waals surface area contributed by atoms with E-state index in [-0.39, 0.29) is 11.8 Å². The minimum Gasteiger partial charge on any atom is -0.212 e. The highest BCUT2D eigenvalue weighted by molar-refractivity contribution is 7.88. The third-order valence-electron chi connectivity index (χ3n) is 2.84. The van der Waals surface area contributed by atoms with Crippen LogP contribution in [-0.2, 0) is 15.8 Å². The van der Waals surface area contributed by atoms with Crippen LogP contribution in [0.1, 0.15) is 29.7 Å². The zero-order valence-electron chi connectivity index (χ0n) is 10.9. The van der Waals surface area contributed by atoms with E-state index >= 15 is 0 Å². The smallest absolute Gasteiger partial charge is 0.212 e. The van der Waals surface area contributed by atoms with Crippen LogP contribution >= 0.6 is 11.3 Å². The minimum atomic E-state index is -3.41. The van der Waals surface area contributed by atoms with E-state index in [9.17, 15) is 8.42 Å². The van der Waals surface area contributed by atoms with Gasteiger partial charge < -0.3 is 0 Å². The average molecular weight is 306 g/mol. The van der Waals surface area contributed by atoms with Gasteiger partial charge >= 0.3 is 0 Å². The van der Waals surface area contributed by atoms with E-state index in [4.69, 9.17) is 5.26 Å². The first-order chi connectivity index (χ1) is 9.50. The van der Waals surface area contributed by atoms with Crippen molar-refractivity contribution in [3.8, 4) is 6.07 Å². The van der Waals surface area contributed by atoms with E-state index in [0.717, 1.165) is 5.56 Å². The maximum atomic E-state index is 12.1. The number of hydrogen-bond donors (Lipinski definition) is 1. The van der Waals surface area contributed by atoms with Crippen molar-refractivity contribution in [2.24, 2.45) is 0 Å². The number of benzene rings is 1. The first kappa shape index (κ1) is 14.7. The van der Waals surface area contributed by atoms with Gasteiger partial charge in [-0.2, -0.15) is 16.6 Å². The van der Waals surface area contributed by atoms with E-state index < -0.39 is 10.0 Å². The van der Waals surface area contributed by atoms with Crippen LogP contribution in [0, 0.1) is 11.3 Å². The highest BCUT2D eigenvalue weighted by Crippen LogP contribution is 2.17. The van der Waals surface area contributed by atoms with Gasteiger partial charge in [-0.25, -0.2) is 13.1 Å². The Morgan fingerprint density at radius 2 is 2.00 bits per heavy atom. The van der Waals surface area contributed by atoms with Gasteiger partial charge in [-0.1, -0.05) is 12.1 Å². The van der Waals surface area contributed by atoms with Gasteiger partial charge in [0.25, 0.3) is 0 Å². The third-order valence-corrected chi connectivity index (χ3v) is 4.97. The van der Waals surface area contributed by atoms with Crippen molar-refractivity contribution >= 4 is 21.4 Å². The Morgan fingerprint density at radius 1 is 1.30 bits per heavy atom. The molecule has 1 atom stereocenters. The van der Waals surface area contributed by atoms with Crippen LogP contribution in [0.25, 0.3) is 0 Å². The van der Waals surface area contributed by atoms with Crippen LogP contribution in [0.3, 0.4) is 0 Å². The number of hydrogen-bond acceptors (Lipinski definition) is 4. The third kappa shape index (κ3) is 3.90. The van der Waals surface area contributed by atoms with Gasteiger partial charge in [0.2, 0.25) is 10.0 Å². The summed E-state index contributed by atoms with van der Waals surface area (Å²) in [5, 5.41) is 12.5. The lowest BCUT2D eigenvalue weighted by atomic mass is 10.2. The largest absolute Gasteiger partial charge is 0.216 e. The predicted molar refractivity (Wildman–Crippen MR) is 79.7 cm³/mol. The highest BCUT2D eigenvalue weighted by atomic mass is 32.2. The van der Waals surface area contributed by atoms with Crippen molar-refractivity contribution < 1.29 is 8.42 Å². The fraction of sp³-hybridized carbons (Fsp3) is 0.214. The molecule has 1 aromatic carbocycles. The molecule has 1 unspecified atom stereocenters. The summed E-state index contributed by atoms with van der Waals surface area (Å²) >= 11 is 1.54. The number of rotatable bonds is 5. The molecule has 0 aliphatic heterocycles. The van der Waals surface area contributed by atoms with E-state index in [1.807, 2.05) is 29.8 Å². The van der Waals surface area contributed by atoms with E-state index in [1.165, 1.54) is 11.3 Å². The van der Waals surface area contributed by atoms with Gasteiger partial charge in [0.15, 0.2) is 0 Å². The van der Waals surface area contributed by atoms with Crippen LogP contribution in [0.5, 0.6) is 0 Å². The summed E-state index contributed by atoms with van der Waals surface area (Å²) in [5.41, 5.74) is 2.14. The number of sulfonamides is 1. The molecule has 2 aromatic rings. The van der Waals surface area contributed by atoms with Crippen LogP contribution in [-0.4, -0.2) is 8.42 Å².